The second-order valence-corrected chi connectivity index (χ2v) is 4.91. The molecular weight excluding hydrogens is 258 g/mol. The number of aryl methyl sites for hydroxylation is 1. The molecule has 1 aromatic carbocycles. The highest BCUT2D eigenvalue weighted by Crippen LogP contribution is 2.17. The molecule has 0 saturated heterocycles. The Morgan fingerprint density at radius 1 is 1.16 bits per heavy atom. The third kappa shape index (κ3) is 3.29. The molecule has 1 aromatic heterocycles. The van der Waals surface area contributed by atoms with Gasteiger partial charge in [0, 0.05) is 6.54 Å². The molecule has 0 amide bonds. The molecule has 102 valence electrons. The maximum Gasteiger partial charge on any atom is 0.191 e. The third-order valence-corrected chi connectivity index (χ3v) is 3.66. The molecule has 1 heterocycles. The molecule has 0 aliphatic carbocycles. The molecule has 5 heteroatoms. The van der Waals surface area contributed by atoms with Gasteiger partial charge in [0.2, 0.25) is 0 Å². The highest BCUT2D eigenvalue weighted by atomic mass is 32.2. The van der Waals surface area contributed by atoms with Crippen molar-refractivity contribution in [2.45, 2.75) is 38.6 Å². The Balaban J connectivity index is 2.03. The third-order valence-electron chi connectivity index (χ3n) is 2.99. The Bertz CT molecular complexity index is 522. The average molecular weight is 277 g/mol. The molecule has 19 heavy (non-hydrogen) atoms. The van der Waals surface area contributed by atoms with Crippen LogP contribution in [-0.2, 0) is 19.6 Å². The largest absolute Gasteiger partial charge is 0.486 e. The van der Waals surface area contributed by atoms with Gasteiger partial charge in [0.1, 0.15) is 12.4 Å². The minimum absolute atomic E-state index is 0.451. The van der Waals surface area contributed by atoms with Gasteiger partial charge >= 0.3 is 0 Å². The lowest BCUT2D eigenvalue weighted by atomic mass is 10.2. The Hall–Kier alpha value is -1.49. The van der Waals surface area contributed by atoms with E-state index in [9.17, 15) is 0 Å². The number of nitrogens with zero attached hydrogens (tertiary/aromatic N) is 3. The zero-order valence-electron chi connectivity index (χ0n) is 11.6. The molecule has 0 atom stereocenters. The molecule has 0 bridgehead atoms. The van der Waals surface area contributed by atoms with Crippen LogP contribution in [0.4, 0.5) is 0 Å². The smallest absolute Gasteiger partial charge is 0.191 e. The summed E-state index contributed by atoms with van der Waals surface area (Å²) >= 11 is 1.60. The number of thioether (sulfide) groups is 1. The van der Waals surface area contributed by atoms with Gasteiger partial charge in [-0.15, -0.1) is 10.2 Å². The van der Waals surface area contributed by atoms with E-state index in [1.807, 2.05) is 18.4 Å². The number of rotatable bonds is 6. The van der Waals surface area contributed by atoms with Crippen LogP contribution in [0.1, 0.15) is 25.2 Å². The van der Waals surface area contributed by atoms with Crippen molar-refractivity contribution < 1.29 is 4.74 Å². The standard InChI is InChI=1S/C14H19N3OS/c1-4-11-6-8-12(9-7-11)18-10-13-15-16-14(19-3)17(13)5-2/h6-9H,4-5,10H2,1-3H3. The van der Waals surface area contributed by atoms with Crippen LogP contribution in [-0.4, -0.2) is 21.0 Å². The van der Waals surface area contributed by atoms with E-state index in [0.717, 1.165) is 29.7 Å². The molecular formula is C14H19N3OS. The van der Waals surface area contributed by atoms with Crippen molar-refractivity contribution in [1.82, 2.24) is 14.8 Å². The Kier molecular flexibility index (Phi) is 4.85. The lowest BCUT2D eigenvalue weighted by molar-refractivity contribution is 0.288. The van der Waals surface area contributed by atoms with Gasteiger partial charge in [-0.25, -0.2) is 0 Å². The minimum Gasteiger partial charge on any atom is -0.486 e. The van der Waals surface area contributed by atoms with E-state index in [1.165, 1.54) is 5.56 Å². The monoisotopic (exact) mass is 277 g/mol. The fourth-order valence-electron chi connectivity index (χ4n) is 1.86. The maximum atomic E-state index is 5.76. The average Bonchev–Trinajstić information content (AvgIpc) is 2.87. The molecule has 2 rings (SSSR count). The maximum absolute atomic E-state index is 5.76. The molecule has 0 aliphatic rings. The van der Waals surface area contributed by atoms with Crippen molar-refractivity contribution in [3.63, 3.8) is 0 Å². The predicted molar refractivity (Wildman–Crippen MR) is 77.6 cm³/mol. The highest BCUT2D eigenvalue weighted by molar-refractivity contribution is 7.98. The zero-order valence-corrected chi connectivity index (χ0v) is 12.4. The van der Waals surface area contributed by atoms with Gasteiger partial charge in [0.15, 0.2) is 11.0 Å². The molecule has 0 unspecified atom stereocenters. The van der Waals surface area contributed by atoms with Crippen molar-refractivity contribution in [3.05, 3.63) is 35.7 Å². The fourth-order valence-corrected chi connectivity index (χ4v) is 2.44. The highest BCUT2D eigenvalue weighted by Gasteiger charge is 2.10. The molecule has 2 aromatic rings. The molecule has 4 nitrogen and oxygen atoms in total. The topological polar surface area (TPSA) is 39.9 Å². The first-order chi connectivity index (χ1) is 9.28. The fraction of sp³-hybridized carbons (Fsp3) is 0.429. The second kappa shape index (κ2) is 6.61. The number of ether oxygens (including phenoxy) is 1. The van der Waals surface area contributed by atoms with Gasteiger partial charge in [0.25, 0.3) is 0 Å². The summed E-state index contributed by atoms with van der Waals surface area (Å²) in [5.74, 6) is 1.74. The summed E-state index contributed by atoms with van der Waals surface area (Å²) in [5, 5.41) is 9.25. The normalized spacial score (nSPS) is 10.7. The summed E-state index contributed by atoms with van der Waals surface area (Å²) in [6.45, 7) is 5.54. The van der Waals surface area contributed by atoms with Gasteiger partial charge < -0.3 is 9.30 Å². The molecule has 0 saturated carbocycles. The Morgan fingerprint density at radius 3 is 2.47 bits per heavy atom. The van der Waals surface area contributed by atoms with Crippen molar-refractivity contribution in [1.29, 1.82) is 0 Å². The van der Waals surface area contributed by atoms with Crippen molar-refractivity contribution in [3.8, 4) is 5.75 Å². The van der Waals surface area contributed by atoms with E-state index in [-0.39, 0.29) is 0 Å². The Labute approximate surface area is 118 Å². The minimum atomic E-state index is 0.451. The zero-order chi connectivity index (χ0) is 13.7. The van der Waals surface area contributed by atoms with Gasteiger partial charge in [-0.05, 0) is 37.3 Å². The van der Waals surface area contributed by atoms with E-state index in [1.54, 1.807) is 11.8 Å². The second-order valence-electron chi connectivity index (χ2n) is 4.13. The van der Waals surface area contributed by atoms with Crippen LogP contribution in [0.5, 0.6) is 5.75 Å². The van der Waals surface area contributed by atoms with E-state index in [0.29, 0.717) is 6.61 Å². The summed E-state index contributed by atoms with van der Waals surface area (Å²) in [4.78, 5) is 0. The van der Waals surface area contributed by atoms with Crippen LogP contribution in [0.3, 0.4) is 0 Å². The summed E-state index contributed by atoms with van der Waals surface area (Å²) in [5.41, 5.74) is 1.31. The summed E-state index contributed by atoms with van der Waals surface area (Å²) in [7, 11) is 0. The van der Waals surface area contributed by atoms with Gasteiger partial charge in [-0.2, -0.15) is 0 Å². The number of benzene rings is 1. The lowest BCUT2D eigenvalue weighted by Crippen LogP contribution is -2.06. The van der Waals surface area contributed by atoms with Crippen LogP contribution in [0.25, 0.3) is 0 Å². The Morgan fingerprint density at radius 2 is 1.89 bits per heavy atom. The first-order valence-corrected chi connectivity index (χ1v) is 7.68. The van der Waals surface area contributed by atoms with E-state index < -0.39 is 0 Å². The van der Waals surface area contributed by atoms with Crippen molar-refractivity contribution >= 4 is 11.8 Å². The molecule has 0 fully saturated rings. The first-order valence-electron chi connectivity index (χ1n) is 6.46. The van der Waals surface area contributed by atoms with Gasteiger partial charge in [-0.1, -0.05) is 30.8 Å². The molecule has 0 N–H and O–H groups in total. The number of hydrogen-bond donors (Lipinski definition) is 0. The lowest BCUT2D eigenvalue weighted by Gasteiger charge is -2.08. The van der Waals surface area contributed by atoms with Crippen LogP contribution in [0.2, 0.25) is 0 Å². The van der Waals surface area contributed by atoms with Crippen LogP contribution >= 0.6 is 11.8 Å². The van der Waals surface area contributed by atoms with Gasteiger partial charge in [0.05, 0.1) is 0 Å². The van der Waals surface area contributed by atoms with Crippen LogP contribution in [0.15, 0.2) is 29.4 Å². The van der Waals surface area contributed by atoms with E-state index >= 15 is 0 Å². The van der Waals surface area contributed by atoms with Crippen molar-refractivity contribution in [2.75, 3.05) is 6.26 Å². The van der Waals surface area contributed by atoms with Crippen molar-refractivity contribution in [2.24, 2.45) is 0 Å². The molecule has 0 spiro atoms. The van der Waals surface area contributed by atoms with E-state index in [2.05, 4.69) is 40.7 Å². The quantitative estimate of drug-likeness (QED) is 0.760. The first kappa shape index (κ1) is 13.9. The molecule has 0 radical (unpaired) electrons. The van der Waals surface area contributed by atoms with E-state index in [4.69, 9.17) is 4.74 Å². The van der Waals surface area contributed by atoms with Crippen LogP contribution in [0, 0.1) is 0 Å². The van der Waals surface area contributed by atoms with Crippen LogP contribution < -0.4 is 4.74 Å². The number of aromatic nitrogens is 3. The summed E-state index contributed by atoms with van der Waals surface area (Å²) < 4.78 is 7.83. The van der Waals surface area contributed by atoms with Gasteiger partial charge in [-0.3, -0.25) is 0 Å². The number of hydrogen-bond acceptors (Lipinski definition) is 4. The summed E-state index contributed by atoms with van der Waals surface area (Å²) in [6, 6.07) is 8.18. The molecule has 0 aliphatic heterocycles. The summed E-state index contributed by atoms with van der Waals surface area (Å²) in [6.07, 6.45) is 3.05. The SMILES string of the molecule is CCc1ccc(OCc2nnc(SC)n2CC)cc1. The predicted octanol–water partition coefficient (Wildman–Crippen LogP) is 3.16.